The van der Waals surface area contributed by atoms with Gasteiger partial charge >= 0.3 is 6.09 Å². The molecule has 0 bridgehead atoms. The monoisotopic (exact) mass is 371 g/mol. The Morgan fingerprint density at radius 3 is 3.08 bits per heavy atom. The Bertz CT molecular complexity index is 877. The molecule has 2 amide bonds. The number of cyclic esters (lactones) is 1. The molecule has 1 saturated heterocycles. The molecular formula is C19H21N3O3S. The third kappa shape index (κ3) is 3.19. The molecule has 26 heavy (non-hydrogen) atoms. The van der Waals surface area contributed by atoms with Crippen LogP contribution in [0.3, 0.4) is 0 Å². The van der Waals surface area contributed by atoms with Crippen molar-refractivity contribution >= 4 is 29.0 Å². The fourth-order valence-electron chi connectivity index (χ4n) is 3.57. The van der Waals surface area contributed by atoms with Gasteiger partial charge in [-0.25, -0.2) is 9.78 Å². The number of thiazole rings is 1. The Labute approximate surface area is 156 Å². The van der Waals surface area contributed by atoms with E-state index in [4.69, 9.17) is 9.72 Å². The molecule has 1 aromatic carbocycles. The lowest BCUT2D eigenvalue weighted by molar-refractivity contribution is -0.119. The van der Waals surface area contributed by atoms with E-state index in [1.807, 2.05) is 13.0 Å². The fourth-order valence-corrected chi connectivity index (χ4v) is 4.56. The van der Waals surface area contributed by atoms with Gasteiger partial charge in [-0.3, -0.25) is 9.69 Å². The van der Waals surface area contributed by atoms with Crippen molar-refractivity contribution in [3.63, 3.8) is 0 Å². The van der Waals surface area contributed by atoms with Crippen molar-refractivity contribution in [1.82, 2.24) is 10.3 Å². The van der Waals surface area contributed by atoms with Crippen LogP contribution in [0.25, 0.3) is 11.3 Å². The topological polar surface area (TPSA) is 71.5 Å². The second-order valence-electron chi connectivity index (χ2n) is 6.75. The van der Waals surface area contributed by atoms with Gasteiger partial charge in [-0.1, -0.05) is 6.07 Å². The number of nitrogens with zero attached hydrogens (tertiary/aromatic N) is 2. The average Bonchev–Trinajstić information content (AvgIpc) is 3.11. The van der Waals surface area contributed by atoms with E-state index in [0.29, 0.717) is 13.1 Å². The molecule has 4 rings (SSSR count). The van der Waals surface area contributed by atoms with Gasteiger partial charge in [0, 0.05) is 23.1 Å². The van der Waals surface area contributed by atoms with Crippen LogP contribution in [0.2, 0.25) is 0 Å². The molecule has 2 heterocycles. The van der Waals surface area contributed by atoms with Gasteiger partial charge in [0.2, 0.25) is 5.91 Å². The van der Waals surface area contributed by atoms with E-state index in [1.165, 1.54) is 22.9 Å². The van der Waals surface area contributed by atoms with E-state index in [-0.39, 0.29) is 18.1 Å². The first-order chi connectivity index (χ1) is 12.5. The Morgan fingerprint density at radius 1 is 1.42 bits per heavy atom. The number of anilines is 1. The van der Waals surface area contributed by atoms with Gasteiger partial charge in [-0.15, -0.1) is 11.3 Å². The molecule has 7 heteroatoms. The van der Waals surface area contributed by atoms with Gasteiger partial charge in [0.25, 0.3) is 0 Å². The summed E-state index contributed by atoms with van der Waals surface area (Å²) in [6, 6.07) is 6.12. The van der Waals surface area contributed by atoms with Crippen molar-refractivity contribution in [2.24, 2.45) is 0 Å². The zero-order chi connectivity index (χ0) is 18.3. The summed E-state index contributed by atoms with van der Waals surface area (Å²) in [6.07, 6.45) is 2.43. The number of amides is 2. The van der Waals surface area contributed by atoms with Crippen LogP contribution in [0.5, 0.6) is 0 Å². The zero-order valence-corrected chi connectivity index (χ0v) is 15.7. The van der Waals surface area contributed by atoms with Crippen LogP contribution in [0.15, 0.2) is 18.2 Å². The summed E-state index contributed by atoms with van der Waals surface area (Å²) in [5, 5.41) is 3.79. The number of rotatable bonds is 3. The molecule has 0 spiro atoms. The summed E-state index contributed by atoms with van der Waals surface area (Å²) < 4.78 is 5.37. The number of aryl methyl sites for hydroxylation is 3. The normalized spacial score (nSPS) is 18.8. The summed E-state index contributed by atoms with van der Waals surface area (Å²) >= 11 is 1.77. The molecule has 1 aliphatic heterocycles. The Morgan fingerprint density at radius 2 is 2.27 bits per heavy atom. The molecule has 1 atom stereocenters. The number of ether oxygens (including phenoxy) is 1. The van der Waals surface area contributed by atoms with Crippen LogP contribution in [0.1, 0.15) is 28.8 Å². The third-order valence-electron chi connectivity index (χ3n) is 4.76. The molecule has 6 nitrogen and oxygen atoms in total. The molecular weight excluding hydrogens is 350 g/mol. The van der Waals surface area contributed by atoms with Crippen LogP contribution in [-0.2, 0) is 22.4 Å². The first-order valence-corrected chi connectivity index (χ1v) is 9.65. The number of hydrogen-bond donors (Lipinski definition) is 1. The van der Waals surface area contributed by atoms with Crippen LogP contribution >= 0.6 is 11.3 Å². The maximum Gasteiger partial charge on any atom is 0.414 e. The quantitative estimate of drug-likeness (QED) is 0.900. The van der Waals surface area contributed by atoms with Crippen molar-refractivity contribution in [3.05, 3.63) is 33.6 Å². The number of carbonyl (C=O) groups is 2. The zero-order valence-electron chi connectivity index (χ0n) is 14.9. The SMILES string of the molecule is CC(=O)NC[C@H]1CN(c2ccc3c(c2)CCCc2sc(C)nc2-3)C(=O)O1. The van der Waals surface area contributed by atoms with Gasteiger partial charge in [0.15, 0.2) is 0 Å². The maximum absolute atomic E-state index is 12.2. The minimum absolute atomic E-state index is 0.126. The van der Waals surface area contributed by atoms with Gasteiger partial charge in [-0.05, 0) is 43.9 Å². The second kappa shape index (κ2) is 6.72. The largest absolute Gasteiger partial charge is 0.442 e. The van der Waals surface area contributed by atoms with Crippen molar-refractivity contribution < 1.29 is 14.3 Å². The molecule has 0 saturated carbocycles. The van der Waals surface area contributed by atoms with Crippen molar-refractivity contribution in [3.8, 4) is 11.3 Å². The van der Waals surface area contributed by atoms with Crippen LogP contribution < -0.4 is 10.2 Å². The van der Waals surface area contributed by atoms with E-state index >= 15 is 0 Å². The Hall–Kier alpha value is -2.41. The van der Waals surface area contributed by atoms with Gasteiger partial charge in [0.05, 0.1) is 23.8 Å². The highest BCUT2D eigenvalue weighted by Gasteiger charge is 2.33. The molecule has 0 unspecified atom stereocenters. The number of hydrogen-bond acceptors (Lipinski definition) is 5. The van der Waals surface area contributed by atoms with Gasteiger partial charge in [0.1, 0.15) is 6.10 Å². The Kier molecular flexibility index (Phi) is 4.40. The molecule has 2 aromatic rings. The summed E-state index contributed by atoms with van der Waals surface area (Å²) in [4.78, 5) is 31.0. The molecule has 1 aliphatic carbocycles. The predicted octanol–water partition coefficient (Wildman–Crippen LogP) is 3.07. The van der Waals surface area contributed by atoms with Crippen molar-refractivity contribution in [1.29, 1.82) is 0 Å². The summed E-state index contributed by atoms with van der Waals surface area (Å²) in [5.74, 6) is -0.126. The third-order valence-corrected chi connectivity index (χ3v) is 5.79. The smallest absolute Gasteiger partial charge is 0.414 e. The minimum atomic E-state index is -0.362. The highest BCUT2D eigenvalue weighted by Crippen LogP contribution is 2.37. The lowest BCUT2D eigenvalue weighted by Crippen LogP contribution is -2.33. The van der Waals surface area contributed by atoms with Gasteiger partial charge in [-0.2, -0.15) is 0 Å². The highest BCUT2D eigenvalue weighted by molar-refractivity contribution is 7.12. The number of nitrogens with one attached hydrogen (secondary N) is 1. The van der Waals surface area contributed by atoms with E-state index in [2.05, 4.69) is 17.4 Å². The molecule has 1 aromatic heterocycles. The van der Waals surface area contributed by atoms with Crippen LogP contribution in [0, 0.1) is 6.92 Å². The standard InChI is InChI=1S/C19H21N3O3S/c1-11(23)20-9-15-10-22(19(24)25-15)14-6-7-16-13(8-14)4-3-5-17-18(16)21-12(2)26-17/h6-8,15H,3-5,9-10H2,1-2H3,(H,20,23)/t15-/m0/s1. The van der Waals surface area contributed by atoms with E-state index < -0.39 is 0 Å². The van der Waals surface area contributed by atoms with Crippen LogP contribution in [0.4, 0.5) is 10.5 Å². The van der Waals surface area contributed by atoms with Crippen LogP contribution in [-0.4, -0.2) is 36.2 Å². The molecule has 136 valence electrons. The number of aromatic nitrogens is 1. The Balaban J connectivity index is 1.59. The van der Waals surface area contributed by atoms with Gasteiger partial charge < -0.3 is 10.1 Å². The van der Waals surface area contributed by atoms with Crippen molar-refractivity contribution in [2.75, 3.05) is 18.0 Å². The molecule has 1 fully saturated rings. The molecule has 2 aliphatic rings. The van der Waals surface area contributed by atoms with E-state index in [9.17, 15) is 9.59 Å². The fraction of sp³-hybridized carbons (Fsp3) is 0.421. The lowest BCUT2D eigenvalue weighted by atomic mass is 10.0. The predicted molar refractivity (Wildman–Crippen MR) is 101 cm³/mol. The second-order valence-corrected chi connectivity index (χ2v) is 8.04. The first-order valence-electron chi connectivity index (χ1n) is 8.83. The summed E-state index contributed by atoms with van der Waals surface area (Å²) in [7, 11) is 0. The molecule has 1 N–H and O–H groups in total. The van der Waals surface area contributed by atoms with E-state index in [0.717, 1.165) is 35.7 Å². The highest BCUT2D eigenvalue weighted by atomic mass is 32.1. The molecule has 0 radical (unpaired) electrons. The number of carbonyl (C=O) groups excluding carboxylic acids is 2. The minimum Gasteiger partial charge on any atom is -0.442 e. The van der Waals surface area contributed by atoms with Crippen molar-refractivity contribution in [2.45, 2.75) is 39.2 Å². The lowest BCUT2D eigenvalue weighted by Gasteiger charge is -2.16. The average molecular weight is 371 g/mol. The van der Waals surface area contributed by atoms with E-state index in [1.54, 1.807) is 16.2 Å². The number of benzene rings is 1. The maximum atomic E-state index is 12.2. The summed E-state index contributed by atoms with van der Waals surface area (Å²) in [5.41, 5.74) is 4.34. The summed E-state index contributed by atoms with van der Waals surface area (Å²) in [6.45, 7) is 4.28. The number of fused-ring (bicyclic) bond motifs is 3. The first kappa shape index (κ1) is 17.0.